The van der Waals surface area contributed by atoms with Crippen molar-refractivity contribution in [2.45, 2.75) is 30.8 Å². The molecule has 4 aromatic rings. The smallest absolute Gasteiger partial charge is 0.200 e. The van der Waals surface area contributed by atoms with Gasteiger partial charge in [0, 0.05) is 6.54 Å². The molecule has 0 saturated carbocycles. The van der Waals surface area contributed by atoms with Gasteiger partial charge < -0.3 is 9.52 Å². The lowest BCUT2D eigenvalue weighted by Gasteiger charge is -2.12. The first-order chi connectivity index (χ1) is 14.1. The van der Waals surface area contributed by atoms with Crippen molar-refractivity contribution in [3.05, 3.63) is 53.4 Å². The molecule has 1 N–H and O–H groups in total. The number of rotatable bonds is 6. The topological polar surface area (TPSA) is 101 Å². The molecule has 0 aliphatic heterocycles. The highest BCUT2D eigenvalue weighted by Gasteiger charge is 2.23. The fourth-order valence-corrected chi connectivity index (χ4v) is 4.81. The minimum atomic E-state index is -0.407. The van der Waals surface area contributed by atoms with E-state index in [0.29, 0.717) is 28.3 Å². The average molecular weight is 424 g/mol. The fourth-order valence-electron chi connectivity index (χ4n) is 2.86. The third-order valence-electron chi connectivity index (χ3n) is 4.32. The van der Waals surface area contributed by atoms with Gasteiger partial charge in [-0.1, -0.05) is 23.9 Å². The van der Waals surface area contributed by atoms with Crippen molar-refractivity contribution in [2.24, 2.45) is 0 Å². The molecule has 1 aromatic carbocycles. The standard InChI is InChI=1S/C20H17N5O2S2/c1-3-25-18(15-8-6-10-27-15)23-24-20(25)28-12(2)17(26)13(11-21)19-22-14-7-4-5-9-16(14)29-19/h4-10,12,26H,3H2,1-2H3/b17-13-. The van der Waals surface area contributed by atoms with Crippen LogP contribution in [-0.4, -0.2) is 30.1 Å². The second-order valence-electron chi connectivity index (χ2n) is 6.15. The van der Waals surface area contributed by atoms with Crippen LogP contribution < -0.4 is 0 Å². The molecular formula is C20H17N5O2S2. The summed E-state index contributed by atoms with van der Waals surface area (Å²) in [5.74, 6) is 1.23. The summed E-state index contributed by atoms with van der Waals surface area (Å²) in [6, 6.07) is 13.4. The van der Waals surface area contributed by atoms with E-state index in [9.17, 15) is 10.4 Å². The zero-order valence-corrected chi connectivity index (χ0v) is 17.4. The third-order valence-corrected chi connectivity index (χ3v) is 6.46. The van der Waals surface area contributed by atoms with E-state index in [2.05, 4.69) is 21.3 Å². The molecule has 0 saturated heterocycles. The first-order valence-electron chi connectivity index (χ1n) is 8.95. The molecule has 9 heteroatoms. The van der Waals surface area contributed by atoms with Gasteiger partial charge >= 0.3 is 0 Å². The fraction of sp³-hybridized carbons (Fsp3) is 0.200. The van der Waals surface area contributed by atoms with Crippen LogP contribution in [0.5, 0.6) is 0 Å². The summed E-state index contributed by atoms with van der Waals surface area (Å²) < 4.78 is 8.31. The van der Waals surface area contributed by atoms with Gasteiger partial charge in [0.1, 0.15) is 22.4 Å². The van der Waals surface area contributed by atoms with Crippen molar-refractivity contribution in [3.8, 4) is 17.7 Å². The van der Waals surface area contributed by atoms with Crippen molar-refractivity contribution in [1.82, 2.24) is 19.7 Å². The zero-order chi connectivity index (χ0) is 20.4. The number of fused-ring (bicyclic) bond motifs is 1. The molecule has 4 rings (SSSR count). The Labute approximate surface area is 175 Å². The molecule has 1 unspecified atom stereocenters. The molecule has 1 atom stereocenters. The summed E-state index contributed by atoms with van der Waals surface area (Å²) in [6.45, 7) is 4.46. The number of furan rings is 1. The van der Waals surface area contributed by atoms with Crippen LogP contribution in [0.4, 0.5) is 0 Å². The predicted molar refractivity (Wildman–Crippen MR) is 113 cm³/mol. The Balaban J connectivity index is 1.65. The predicted octanol–water partition coefficient (Wildman–Crippen LogP) is 5.14. The lowest BCUT2D eigenvalue weighted by molar-refractivity contribution is 0.402. The van der Waals surface area contributed by atoms with E-state index in [1.54, 1.807) is 12.3 Å². The van der Waals surface area contributed by atoms with Crippen LogP contribution in [0.15, 0.2) is 58.0 Å². The number of thioether (sulfide) groups is 1. The molecule has 0 aliphatic rings. The average Bonchev–Trinajstić information content (AvgIpc) is 3.47. The number of aliphatic hydroxyl groups excluding tert-OH is 1. The number of benzene rings is 1. The van der Waals surface area contributed by atoms with Crippen LogP contribution >= 0.6 is 23.1 Å². The molecule has 0 bridgehead atoms. The number of hydrogen-bond acceptors (Lipinski definition) is 8. The van der Waals surface area contributed by atoms with E-state index in [0.717, 1.165) is 10.2 Å². The highest BCUT2D eigenvalue weighted by Crippen LogP contribution is 2.34. The summed E-state index contributed by atoms with van der Waals surface area (Å²) in [4.78, 5) is 4.49. The summed E-state index contributed by atoms with van der Waals surface area (Å²) >= 11 is 2.72. The van der Waals surface area contributed by atoms with E-state index in [-0.39, 0.29) is 11.3 Å². The molecule has 3 aromatic heterocycles. The number of aromatic nitrogens is 4. The molecule has 0 spiro atoms. The number of aliphatic hydroxyl groups is 1. The summed E-state index contributed by atoms with van der Waals surface area (Å²) in [7, 11) is 0. The van der Waals surface area contributed by atoms with E-state index in [1.807, 2.05) is 48.7 Å². The van der Waals surface area contributed by atoms with Crippen molar-refractivity contribution in [1.29, 1.82) is 5.26 Å². The van der Waals surface area contributed by atoms with Crippen LogP contribution in [0.3, 0.4) is 0 Å². The highest BCUT2D eigenvalue weighted by molar-refractivity contribution is 7.99. The summed E-state index contributed by atoms with van der Waals surface area (Å²) in [5.41, 5.74) is 0.988. The molecule has 3 heterocycles. The first kappa shape index (κ1) is 19.2. The maximum absolute atomic E-state index is 10.8. The number of nitriles is 1. The molecular weight excluding hydrogens is 406 g/mol. The largest absolute Gasteiger partial charge is 0.510 e. The van der Waals surface area contributed by atoms with E-state index >= 15 is 0 Å². The highest BCUT2D eigenvalue weighted by atomic mass is 32.2. The van der Waals surface area contributed by atoms with Crippen molar-refractivity contribution in [3.63, 3.8) is 0 Å². The quantitative estimate of drug-likeness (QED) is 0.260. The number of hydrogen-bond donors (Lipinski definition) is 1. The maximum atomic E-state index is 10.8. The van der Waals surface area contributed by atoms with Crippen LogP contribution in [0.1, 0.15) is 18.9 Å². The first-order valence-corrected chi connectivity index (χ1v) is 10.6. The van der Waals surface area contributed by atoms with Gasteiger partial charge in [-0.2, -0.15) is 5.26 Å². The number of para-hydroxylation sites is 1. The van der Waals surface area contributed by atoms with Gasteiger partial charge in [-0.05, 0) is 38.1 Å². The van der Waals surface area contributed by atoms with Crippen LogP contribution in [0.2, 0.25) is 0 Å². The summed E-state index contributed by atoms with van der Waals surface area (Å²) in [6.07, 6.45) is 1.59. The second kappa shape index (κ2) is 8.11. The molecule has 0 fully saturated rings. The second-order valence-corrected chi connectivity index (χ2v) is 8.49. The van der Waals surface area contributed by atoms with Crippen LogP contribution in [0.25, 0.3) is 27.4 Å². The molecule has 29 heavy (non-hydrogen) atoms. The number of allylic oxidation sites excluding steroid dienone is 1. The Kier molecular flexibility index (Phi) is 5.38. The van der Waals surface area contributed by atoms with E-state index in [4.69, 9.17) is 4.42 Å². The molecule has 0 radical (unpaired) electrons. The molecule has 0 aliphatic carbocycles. The number of nitrogens with zero attached hydrogens (tertiary/aromatic N) is 5. The van der Waals surface area contributed by atoms with Crippen molar-refractivity contribution < 1.29 is 9.52 Å². The van der Waals surface area contributed by atoms with Gasteiger partial charge in [0.15, 0.2) is 16.7 Å². The Morgan fingerprint density at radius 2 is 2.14 bits per heavy atom. The van der Waals surface area contributed by atoms with Gasteiger partial charge in [-0.25, -0.2) is 4.98 Å². The van der Waals surface area contributed by atoms with Gasteiger partial charge in [0.05, 0.1) is 21.7 Å². The lowest BCUT2D eigenvalue weighted by Crippen LogP contribution is -2.07. The minimum absolute atomic E-state index is 0.0262. The Morgan fingerprint density at radius 3 is 2.83 bits per heavy atom. The Morgan fingerprint density at radius 1 is 1.31 bits per heavy atom. The van der Waals surface area contributed by atoms with E-state index < -0.39 is 5.25 Å². The lowest BCUT2D eigenvalue weighted by atomic mass is 10.2. The van der Waals surface area contributed by atoms with Gasteiger partial charge in [-0.15, -0.1) is 21.5 Å². The van der Waals surface area contributed by atoms with Gasteiger partial charge in [-0.3, -0.25) is 4.57 Å². The van der Waals surface area contributed by atoms with Crippen molar-refractivity contribution in [2.75, 3.05) is 0 Å². The van der Waals surface area contributed by atoms with Crippen LogP contribution in [-0.2, 0) is 6.54 Å². The minimum Gasteiger partial charge on any atom is -0.510 e. The van der Waals surface area contributed by atoms with Crippen molar-refractivity contribution >= 4 is 38.9 Å². The van der Waals surface area contributed by atoms with Crippen LogP contribution in [0, 0.1) is 11.3 Å². The zero-order valence-electron chi connectivity index (χ0n) is 15.7. The molecule has 0 amide bonds. The normalized spacial score (nSPS) is 13.3. The number of thiazole rings is 1. The van der Waals surface area contributed by atoms with E-state index in [1.165, 1.54) is 23.1 Å². The van der Waals surface area contributed by atoms with Gasteiger partial charge in [0.2, 0.25) is 0 Å². The molecule has 7 nitrogen and oxygen atoms in total. The molecule has 146 valence electrons. The summed E-state index contributed by atoms with van der Waals surface area (Å²) in [5, 5.41) is 29.7. The van der Waals surface area contributed by atoms with Gasteiger partial charge in [0.25, 0.3) is 0 Å². The maximum Gasteiger partial charge on any atom is 0.200 e. The monoisotopic (exact) mass is 423 g/mol. The Bertz CT molecular complexity index is 1180. The third kappa shape index (κ3) is 3.64. The SMILES string of the molecule is CCn1c(SC(C)/C(O)=C(\C#N)c2nc3ccccc3s2)nnc1-c1ccco1. The Hall–Kier alpha value is -3.09.